The molecule has 1 N–H and O–H groups in total. The molecule has 4 aromatic rings. The Balaban J connectivity index is 1.08. The minimum atomic E-state index is 0.0252. The Morgan fingerprint density at radius 1 is 0.844 bits per heavy atom. The zero-order valence-electron chi connectivity index (χ0n) is 26.5. The number of benzene rings is 3. The van der Waals surface area contributed by atoms with Crippen LogP contribution in [0.25, 0.3) is 12.2 Å². The van der Waals surface area contributed by atoms with Crippen LogP contribution in [0.2, 0.25) is 0 Å². The van der Waals surface area contributed by atoms with Crippen molar-refractivity contribution in [2.24, 2.45) is 0 Å². The van der Waals surface area contributed by atoms with Gasteiger partial charge < -0.3 is 19.5 Å². The summed E-state index contributed by atoms with van der Waals surface area (Å²) in [5.74, 6) is 2.13. The molecule has 0 unspecified atom stereocenters. The van der Waals surface area contributed by atoms with Crippen LogP contribution in [-0.4, -0.2) is 58.6 Å². The van der Waals surface area contributed by atoms with E-state index in [-0.39, 0.29) is 11.7 Å². The second-order valence-corrected chi connectivity index (χ2v) is 11.6. The zero-order valence-corrected chi connectivity index (χ0v) is 26.5. The highest BCUT2D eigenvalue weighted by Crippen LogP contribution is 2.30. The summed E-state index contributed by atoms with van der Waals surface area (Å²) in [5.41, 5.74) is 7.78. The first kappa shape index (κ1) is 31.5. The Labute approximate surface area is 266 Å². The SMILES string of the molecule is Cc1ccc(OCC=Cc2ccc(CN3CCN(C(=O)C=Cc4cc(C)c(Oc5ccc(O)cn5)c(C)c4)CC3)c(C)c2)cc1. The molecule has 232 valence electrons. The van der Waals surface area contributed by atoms with Crippen molar-refractivity contribution in [3.63, 3.8) is 0 Å². The number of aromatic hydroxyl groups is 1. The number of rotatable bonds is 10. The van der Waals surface area contributed by atoms with E-state index < -0.39 is 0 Å². The zero-order chi connectivity index (χ0) is 31.8. The number of hydrogen-bond acceptors (Lipinski definition) is 6. The van der Waals surface area contributed by atoms with Crippen LogP contribution in [0.3, 0.4) is 0 Å². The molecule has 5 rings (SSSR count). The lowest BCUT2D eigenvalue weighted by atomic mass is 10.0. The minimum Gasteiger partial charge on any atom is -0.506 e. The summed E-state index contributed by atoms with van der Waals surface area (Å²) < 4.78 is 11.7. The molecule has 3 aromatic carbocycles. The topological polar surface area (TPSA) is 75.1 Å². The molecule has 0 radical (unpaired) electrons. The standard InChI is InChI=1S/C38H41N3O4/c1-27-7-13-35(14-8-27)44-21-5-6-31-9-11-33(28(2)22-31)26-40-17-19-41(20-18-40)37(43)16-10-32-23-29(3)38(30(4)24-32)45-36-15-12-34(42)25-39-36/h5-16,22-25,42H,17-21,26H2,1-4H3. The first-order chi connectivity index (χ1) is 21.7. The molecular formula is C38H41N3O4. The number of hydrogen-bond donors (Lipinski definition) is 1. The van der Waals surface area contributed by atoms with Gasteiger partial charge in [0, 0.05) is 44.9 Å². The molecule has 0 spiro atoms. The molecule has 1 saturated heterocycles. The van der Waals surface area contributed by atoms with E-state index in [1.165, 1.54) is 22.9 Å². The summed E-state index contributed by atoms with van der Waals surface area (Å²) in [5, 5.41) is 9.45. The summed E-state index contributed by atoms with van der Waals surface area (Å²) in [6.45, 7) is 12.6. The Morgan fingerprint density at radius 2 is 1.56 bits per heavy atom. The monoisotopic (exact) mass is 603 g/mol. The second kappa shape index (κ2) is 14.7. The summed E-state index contributed by atoms with van der Waals surface area (Å²) >= 11 is 0. The fourth-order valence-electron chi connectivity index (χ4n) is 5.38. The van der Waals surface area contributed by atoms with Gasteiger partial charge in [-0.1, -0.05) is 42.0 Å². The summed E-state index contributed by atoms with van der Waals surface area (Å²) in [6.07, 6.45) is 9.02. The van der Waals surface area contributed by atoms with E-state index in [4.69, 9.17) is 9.47 Å². The van der Waals surface area contributed by atoms with Crippen molar-refractivity contribution in [1.82, 2.24) is 14.8 Å². The van der Waals surface area contributed by atoms with E-state index in [2.05, 4.69) is 60.1 Å². The average molecular weight is 604 g/mol. The number of amides is 1. The molecule has 1 aliphatic heterocycles. The fraction of sp³-hybridized carbons (Fsp3) is 0.263. The van der Waals surface area contributed by atoms with E-state index in [1.807, 2.05) is 55.2 Å². The predicted molar refractivity (Wildman–Crippen MR) is 180 cm³/mol. The van der Waals surface area contributed by atoms with Crippen LogP contribution in [0.5, 0.6) is 23.1 Å². The molecule has 1 fully saturated rings. The van der Waals surface area contributed by atoms with Crippen LogP contribution in [0.15, 0.2) is 85.1 Å². The third-order valence-corrected chi connectivity index (χ3v) is 7.95. The number of aromatic nitrogens is 1. The van der Waals surface area contributed by atoms with Gasteiger partial charge in [0.05, 0.1) is 6.20 Å². The van der Waals surface area contributed by atoms with Gasteiger partial charge in [-0.25, -0.2) is 4.98 Å². The maximum atomic E-state index is 13.0. The molecule has 0 bridgehead atoms. The number of carbonyl (C=O) groups is 1. The summed E-state index contributed by atoms with van der Waals surface area (Å²) in [7, 11) is 0. The van der Waals surface area contributed by atoms with Crippen molar-refractivity contribution in [2.45, 2.75) is 34.2 Å². The lowest BCUT2D eigenvalue weighted by Gasteiger charge is -2.34. The predicted octanol–water partition coefficient (Wildman–Crippen LogP) is 7.26. The molecular weight excluding hydrogens is 562 g/mol. The van der Waals surface area contributed by atoms with E-state index >= 15 is 0 Å². The van der Waals surface area contributed by atoms with E-state index in [0.717, 1.165) is 53.4 Å². The van der Waals surface area contributed by atoms with E-state index in [9.17, 15) is 9.90 Å². The molecule has 7 heteroatoms. The third kappa shape index (κ3) is 8.83. The maximum Gasteiger partial charge on any atom is 0.246 e. The molecule has 0 aliphatic carbocycles. The number of nitrogens with zero attached hydrogens (tertiary/aromatic N) is 3. The molecule has 2 heterocycles. The van der Waals surface area contributed by atoms with Crippen molar-refractivity contribution in [1.29, 1.82) is 0 Å². The van der Waals surface area contributed by atoms with Crippen molar-refractivity contribution >= 4 is 18.1 Å². The lowest BCUT2D eigenvalue weighted by Crippen LogP contribution is -2.47. The Hall–Kier alpha value is -4.88. The normalized spacial score (nSPS) is 13.9. The first-order valence-electron chi connectivity index (χ1n) is 15.3. The highest BCUT2D eigenvalue weighted by Gasteiger charge is 2.20. The first-order valence-corrected chi connectivity index (χ1v) is 15.3. The maximum absolute atomic E-state index is 13.0. The average Bonchev–Trinajstić information content (AvgIpc) is 3.03. The van der Waals surface area contributed by atoms with Gasteiger partial charge in [0.2, 0.25) is 11.8 Å². The number of pyridine rings is 1. The van der Waals surface area contributed by atoms with E-state index in [1.54, 1.807) is 18.2 Å². The number of piperazine rings is 1. The molecule has 0 saturated carbocycles. The van der Waals surface area contributed by atoms with Gasteiger partial charge in [0.25, 0.3) is 0 Å². The lowest BCUT2D eigenvalue weighted by molar-refractivity contribution is -0.127. The largest absolute Gasteiger partial charge is 0.506 e. The van der Waals surface area contributed by atoms with Crippen LogP contribution >= 0.6 is 0 Å². The molecule has 7 nitrogen and oxygen atoms in total. The van der Waals surface area contributed by atoms with Crippen molar-refractivity contribution in [2.75, 3.05) is 32.8 Å². The third-order valence-electron chi connectivity index (χ3n) is 7.95. The summed E-state index contributed by atoms with van der Waals surface area (Å²) in [6, 6.07) is 21.8. The molecule has 45 heavy (non-hydrogen) atoms. The van der Waals surface area contributed by atoms with Crippen LogP contribution in [0, 0.1) is 27.7 Å². The van der Waals surface area contributed by atoms with Gasteiger partial charge in [-0.3, -0.25) is 9.69 Å². The van der Waals surface area contributed by atoms with Crippen LogP contribution in [0.1, 0.15) is 38.9 Å². The number of aryl methyl sites for hydroxylation is 4. The molecule has 0 atom stereocenters. The van der Waals surface area contributed by atoms with Gasteiger partial charge in [-0.2, -0.15) is 0 Å². The fourth-order valence-corrected chi connectivity index (χ4v) is 5.38. The molecule has 1 aliphatic rings. The van der Waals surface area contributed by atoms with Gasteiger partial charge in [-0.15, -0.1) is 0 Å². The Bertz CT molecular complexity index is 1650. The summed E-state index contributed by atoms with van der Waals surface area (Å²) in [4.78, 5) is 21.4. The number of carbonyl (C=O) groups excluding carboxylic acids is 1. The van der Waals surface area contributed by atoms with Crippen LogP contribution in [-0.2, 0) is 11.3 Å². The highest BCUT2D eigenvalue weighted by molar-refractivity contribution is 5.92. The van der Waals surface area contributed by atoms with Crippen molar-refractivity contribution < 1.29 is 19.4 Å². The van der Waals surface area contributed by atoms with Crippen LogP contribution < -0.4 is 9.47 Å². The quantitative estimate of drug-likeness (QED) is 0.192. The van der Waals surface area contributed by atoms with Gasteiger partial charge in [0.15, 0.2) is 0 Å². The van der Waals surface area contributed by atoms with E-state index in [0.29, 0.717) is 25.6 Å². The van der Waals surface area contributed by atoms with Gasteiger partial charge >= 0.3 is 0 Å². The minimum absolute atomic E-state index is 0.0252. The highest BCUT2D eigenvalue weighted by atomic mass is 16.5. The molecule has 1 amide bonds. The van der Waals surface area contributed by atoms with Crippen LogP contribution in [0.4, 0.5) is 0 Å². The van der Waals surface area contributed by atoms with Crippen molar-refractivity contribution in [3.05, 3.63) is 124 Å². The Kier molecular flexibility index (Phi) is 10.3. The molecule has 1 aromatic heterocycles. The van der Waals surface area contributed by atoms with Gasteiger partial charge in [-0.05, 0) is 104 Å². The van der Waals surface area contributed by atoms with Gasteiger partial charge in [0.1, 0.15) is 23.9 Å². The smallest absolute Gasteiger partial charge is 0.246 e. The Morgan fingerprint density at radius 3 is 2.22 bits per heavy atom. The second-order valence-electron chi connectivity index (χ2n) is 11.6. The number of ether oxygens (including phenoxy) is 2. The van der Waals surface area contributed by atoms with Crippen molar-refractivity contribution in [3.8, 4) is 23.1 Å².